The minimum absolute atomic E-state index is 0.106. The molecule has 0 saturated heterocycles. The number of nitrogens with one attached hydrogen (secondary N) is 3. The second-order valence-corrected chi connectivity index (χ2v) is 4.14. The van der Waals surface area contributed by atoms with E-state index in [9.17, 15) is 0 Å². The van der Waals surface area contributed by atoms with Crippen LogP contribution in [0.1, 0.15) is 26.7 Å². The van der Waals surface area contributed by atoms with Gasteiger partial charge in [-0.25, -0.2) is 5.48 Å². The van der Waals surface area contributed by atoms with E-state index in [0.717, 1.165) is 19.4 Å². The maximum absolute atomic E-state index is 8.86. The molecule has 1 aromatic heterocycles. The van der Waals surface area contributed by atoms with E-state index < -0.39 is 0 Å². The van der Waals surface area contributed by atoms with Crippen molar-refractivity contribution in [2.75, 3.05) is 29.2 Å². The Hall–Kier alpha value is -1.67. The van der Waals surface area contributed by atoms with Crippen molar-refractivity contribution >= 4 is 17.8 Å². The summed E-state index contributed by atoms with van der Waals surface area (Å²) in [7, 11) is 0. The molecule has 1 rings (SSSR count). The normalized spacial score (nSPS) is 10.5. The average molecular weight is 255 g/mol. The molecule has 0 aliphatic rings. The molecule has 8 nitrogen and oxygen atoms in total. The molecule has 8 heteroatoms. The van der Waals surface area contributed by atoms with Gasteiger partial charge in [0.1, 0.15) is 0 Å². The van der Waals surface area contributed by atoms with E-state index >= 15 is 0 Å². The molecule has 0 aliphatic carbocycles. The smallest absolute Gasteiger partial charge is 0.253 e. The highest BCUT2D eigenvalue weighted by molar-refractivity contribution is 5.41. The zero-order valence-corrected chi connectivity index (χ0v) is 10.8. The van der Waals surface area contributed by atoms with Crippen molar-refractivity contribution in [3.8, 4) is 0 Å². The SMILES string of the molecule is CC(C)Nc1nc(NO)nc(NCCCCN)n1. The first-order chi connectivity index (χ1) is 8.65. The molecular weight excluding hydrogens is 234 g/mol. The third-order valence-corrected chi connectivity index (χ3v) is 2.07. The summed E-state index contributed by atoms with van der Waals surface area (Å²) in [6, 6.07) is 0.198. The summed E-state index contributed by atoms with van der Waals surface area (Å²) in [5.74, 6) is 0.939. The van der Waals surface area contributed by atoms with E-state index in [2.05, 4.69) is 25.6 Å². The maximum atomic E-state index is 8.86. The Kier molecular flexibility index (Phi) is 6.09. The van der Waals surface area contributed by atoms with E-state index in [-0.39, 0.29) is 12.0 Å². The van der Waals surface area contributed by atoms with Gasteiger partial charge in [-0.15, -0.1) is 0 Å². The lowest BCUT2D eigenvalue weighted by Crippen LogP contribution is -2.16. The van der Waals surface area contributed by atoms with Gasteiger partial charge in [0.2, 0.25) is 11.9 Å². The van der Waals surface area contributed by atoms with Gasteiger partial charge >= 0.3 is 0 Å². The van der Waals surface area contributed by atoms with Gasteiger partial charge in [-0.1, -0.05) is 0 Å². The number of unbranched alkanes of at least 4 members (excludes halogenated alkanes) is 1. The molecule has 6 N–H and O–H groups in total. The largest absolute Gasteiger partial charge is 0.354 e. The van der Waals surface area contributed by atoms with Crippen LogP contribution >= 0.6 is 0 Å². The number of hydrogen-bond donors (Lipinski definition) is 5. The molecule has 102 valence electrons. The van der Waals surface area contributed by atoms with Crippen molar-refractivity contribution in [1.82, 2.24) is 15.0 Å². The molecule has 0 spiro atoms. The van der Waals surface area contributed by atoms with Crippen molar-refractivity contribution in [2.45, 2.75) is 32.7 Å². The maximum Gasteiger partial charge on any atom is 0.253 e. The molecule has 0 unspecified atom stereocenters. The highest BCUT2D eigenvalue weighted by atomic mass is 16.5. The minimum Gasteiger partial charge on any atom is -0.354 e. The highest BCUT2D eigenvalue weighted by Crippen LogP contribution is 2.09. The van der Waals surface area contributed by atoms with Crippen LogP contribution in [-0.4, -0.2) is 39.3 Å². The van der Waals surface area contributed by atoms with Gasteiger partial charge in [-0.05, 0) is 33.2 Å². The van der Waals surface area contributed by atoms with Crippen molar-refractivity contribution in [2.24, 2.45) is 5.73 Å². The fourth-order valence-corrected chi connectivity index (χ4v) is 1.30. The summed E-state index contributed by atoms with van der Waals surface area (Å²) in [6.07, 6.45) is 1.89. The predicted octanol–water partition coefficient (Wildman–Crippen LogP) is 0.644. The van der Waals surface area contributed by atoms with E-state index in [0.29, 0.717) is 18.4 Å². The molecule has 0 bridgehead atoms. The van der Waals surface area contributed by atoms with Gasteiger partial charge in [0.15, 0.2) is 0 Å². The molecule has 0 aliphatic heterocycles. The quantitative estimate of drug-likeness (QED) is 0.339. The third kappa shape index (κ3) is 5.11. The molecule has 1 aromatic rings. The first kappa shape index (κ1) is 14.4. The monoisotopic (exact) mass is 255 g/mol. The lowest BCUT2D eigenvalue weighted by molar-refractivity contribution is 0.382. The van der Waals surface area contributed by atoms with Crippen LogP contribution in [0.5, 0.6) is 0 Å². The summed E-state index contributed by atoms with van der Waals surface area (Å²) < 4.78 is 0. The molecule has 0 radical (unpaired) electrons. The molecule has 0 amide bonds. The van der Waals surface area contributed by atoms with Crippen LogP contribution in [0.25, 0.3) is 0 Å². The number of nitrogens with two attached hydrogens (primary N) is 1. The van der Waals surface area contributed by atoms with Crippen molar-refractivity contribution < 1.29 is 5.21 Å². The van der Waals surface area contributed by atoms with Gasteiger partial charge in [0, 0.05) is 12.6 Å². The van der Waals surface area contributed by atoms with Gasteiger partial charge in [-0.2, -0.15) is 15.0 Å². The Bertz CT molecular complexity index is 358. The summed E-state index contributed by atoms with van der Waals surface area (Å²) in [5, 5.41) is 15.0. The van der Waals surface area contributed by atoms with Crippen molar-refractivity contribution in [3.63, 3.8) is 0 Å². The van der Waals surface area contributed by atoms with Crippen LogP contribution in [0, 0.1) is 0 Å². The lowest BCUT2D eigenvalue weighted by Gasteiger charge is -2.11. The number of aromatic nitrogens is 3. The van der Waals surface area contributed by atoms with E-state index in [1.54, 1.807) is 0 Å². The second-order valence-electron chi connectivity index (χ2n) is 4.14. The summed E-state index contributed by atoms with van der Waals surface area (Å²) in [4.78, 5) is 12.2. The lowest BCUT2D eigenvalue weighted by atomic mass is 10.3. The topological polar surface area (TPSA) is 121 Å². The number of rotatable bonds is 8. The molecule has 18 heavy (non-hydrogen) atoms. The van der Waals surface area contributed by atoms with E-state index in [1.807, 2.05) is 19.3 Å². The van der Waals surface area contributed by atoms with Crippen LogP contribution in [0.3, 0.4) is 0 Å². The minimum atomic E-state index is 0.106. The average Bonchev–Trinajstić information content (AvgIpc) is 2.33. The number of hydrogen-bond acceptors (Lipinski definition) is 8. The van der Waals surface area contributed by atoms with Crippen LogP contribution in [0.4, 0.5) is 17.8 Å². The Morgan fingerprint density at radius 3 is 2.39 bits per heavy atom. The molecule has 0 atom stereocenters. The fourth-order valence-electron chi connectivity index (χ4n) is 1.30. The van der Waals surface area contributed by atoms with E-state index in [1.165, 1.54) is 0 Å². The molecule has 0 aromatic carbocycles. The van der Waals surface area contributed by atoms with Gasteiger partial charge < -0.3 is 16.4 Å². The predicted molar refractivity (Wildman–Crippen MR) is 70.8 cm³/mol. The Morgan fingerprint density at radius 2 is 1.78 bits per heavy atom. The van der Waals surface area contributed by atoms with Crippen LogP contribution in [0.2, 0.25) is 0 Å². The standard InChI is InChI=1S/C10H21N7O/c1-7(2)13-9-14-8(12-6-4-3-5-11)15-10(16-9)17-18/h7,18H,3-6,11H2,1-2H3,(H3,12,13,14,15,16,17). The summed E-state index contributed by atoms with van der Waals surface area (Å²) >= 11 is 0. The number of nitrogens with zero attached hydrogens (tertiary/aromatic N) is 3. The summed E-state index contributed by atoms with van der Waals surface area (Å²) in [5.41, 5.74) is 7.33. The Balaban J connectivity index is 2.64. The van der Waals surface area contributed by atoms with Crippen LogP contribution < -0.4 is 21.8 Å². The zero-order chi connectivity index (χ0) is 13.4. The van der Waals surface area contributed by atoms with Gasteiger partial charge in [0.05, 0.1) is 0 Å². The third-order valence-electron chi connectivity index (χ3n) is 2.07. The summed E-state index contributed by atoms with van der Waals surface area (Å²) in [6.45, 7) is 5.35. The molecule has 0 fully saturated rings. The van der Waals surface area contributed by atoms with Gasteiger partial charge in [0.25, 0.3) is 5.95 Å². The second kappa shape index (κ2) is 7.62. The number of anilines is 3. The zero-order valence-electron chi connectivity index (χ0n) is 10.8. The van der Waals surface area contributed by atoms with Crippen molar-refractivity contribution in [1.29, 1.82) is 0 Å². The fraction of sp³-hybridized carbons (Fsp3) is 0.700. The van der Waals surface area contributed by atoms with Crippen molar-refractivity contribution in [3.05, 3.63) is 0 Å². The first-order valence-corrected chi connectivity index (χ1v) is 6.02. The molecule has 0 saturated carbocycles. The van der Waals surface area contributed by atoms with E-state index in [4.69, 9.17) is 10.9 Å². The van der Waals surface area contributed by atoms with Crippen LogP contribution in [-0.2, 0) is 0 Å². The first-order valence-electron chi connectivity index (χ1n) is 6.02. The Morgan fingerprint density at radius 1 is 1.11 bits per heavy atom. The molecular formula is C10H21N7O. The Labute approximate surface area is 106 Å². The van der Waals surface area contributed by atoms with Crippen LogP contribution in [0.15, 0.2) is 0 Å². The van der Waals surface area contributed by atoms with Gasteiger partial charge in [-0.3, -0.25) is 5.21 Å². The highest BCUT2D eigenvalue weighted by Gasteiger charge is 2.06. The molecule has 1 heterocycles.